The highest BCUT2D eigenvalue weighted by Gasteiger charge is 2.21. The maximum Gasteiger partial charge on any atom is 0.314 e. The maximum atomic E-state index is 10.4. The van der Waals surface area contributed by atoms with Crippen molar-refractivity contribution >= 4 is 6.03 Å². The number of carbonyl (C=O) groups is 1. The quantitative estimate of drug-likeness (QED) is 0.447. The Morgan fingerprint density at radius 1 is 1.78 bits per heavy atom. The van der Waals surface area contributed by atoms with Crippen LogP contribution in [0.2, 0.25) is 0 Å². The summed E-state index contributed by atoms with van der Waals surface area (Å²) in [5.41, 5.74) is 4.94. The van der Waals surface area contributed by atoms with E-state index in [1.807, 2.05) is 0 Å². The van der Waals surface area contributed by atoms with Crippen LogP contribution < -0.4 is 5.73 Å². The molecule has 1 fully saturated rings. The molecule has 1 aliphatic heterocycles. The van der Waals surface area contributed by atoms with Crippen molar-refractivity contribution in [3.8, 4) is 0 Å². The largest absolute Gasteiger partial charge is 0.391 e. The highest BCUT2D eigenvalue weighted by molar-refractivity contribution is 5.72. The molecule has 0 aliphatic carbocycles. The summed E-state index contributed by atoms with van der Waals surface area (Å²) >= 11 is 0. The van der Waals surface area contributed by atoms with Crippen LogP contribution in [0.5, 0.6) is 0 Å². The Morgan fingerprint density at radius 3 is 2.67 bits per heavy atom. The van der Waals surface area contributed by atoms with E-state index in [1.165, 1.54) is 4.90 Å². The molecule has 52 valence electrons. The van der Waals surface area contributed by atoms with Crippen molar-refractivity contribution < 1.29 is 9.90 Å². The molecule has 1 rings (SSSR count). The van der Waals surface area contributed by atoms with E-state index in [-0.39, 0.29) is 6.10 Å². The topological polar surface area (TPSA) is 66.6 Å². The van der Waals surface area contributed by atoms with Crippen molar-refractivity contribution in [1.29, 1.82) is 0 Å². The fourth-order valence-electron chi connectivity index (χ4n) is 0.942. The molecule has 4 heteroatoms. The molecule has 1 aliphatic rings. The summed E-state index contributed by atoms with van der Waals surface area (Å²) in [5, 5.41) is 8.90. The first-order valence-electron chi connectivity index (χ1n) is 2.92. The number of urea groups is 1. The summed E-state index contributed by atoms with van der Waals surface area (Å²) < 4.78 is 0. The van der Waals surface area contributed by atoms with Crippen LogP contribution in [0.4, 0.5) is 4.79 Å². The van der Waals surface area contributed by atoms with Gasteiger partial charge in [-0.1, -0.05) is 0 Å². The number of aliphatic hydroxyl groups excluding tert-OH is 1. The summed E-state index contributed by atoms with van der Waals surface area (Å²) in [6.45, 7) is 0.992. The molecule has 0 bridgehead atoms. The smallest absolute Gasteiger partial charge is 0.314 e. The minimum Gasteiger partial charge on any atom is -0.391 e. The first kappa shape index (κ1) is 6.35. The number of aliphatic hydroxyl groups is 1. The first-order chi connectivity index (χ1) is 4.20. The summed E-state index contributed by atoms with van der Waals surface area (Å²) in [5.74, 6) is 0. The Hall–Kier alpha value is -0.770. The highest BCUT2D eigenvalue weighted by Crippen LogP contribution is 2.06. The number of rotatable bonds is 0. The molecule has 0 aromatic carbocycles. The van der Waals surface area contributed by atoms with E-state index in [4.69, 9.17) is 10.8 Å². The molecular weight excluding hydrogens is 120 g/mol. The first-order valence-corrected chi connectivity index (χ1v) is 2.92. The van der Waals surface area contributed by atoms with Gasteiger partial charge in [0.1, 0.15) is 0 Å². The number of amides is 2. The van der Waals surface area contributed by atoms with Gasteiger partial charge in [0, 0.05) is 13.1 Å². The van der Waals surface area contributed by atoms with Crippen molar-refractivity contribution in [2.45, 2.75) is 12.5 Å². The maximum absolute atomic E-state index is 10.4. The molecule has 3 N–H and O–H groups in total. The van der Waals surface area contributed by atoms with Crippen molar-refractivity contribution in [1.82, 2.24) is 4.90 Å². The van der Waals surface area contributed by atoms with E-state index in [0.29, 0.717) is 19.5 Å². The lowest BCUT2D eigenvalue weighted by Gasteiger charge is -2.10. The lowest BCUT2D eigenvalue weighted by atomic mass is 10.3. The third-order valence-electron chi connectivity index (χ3n) is 1.48. The summed E-state index contributed by atoms with van der Waals surface area (Å²) in [6, 6.07) is -0.438. The van der Waals surface area contributed by atoms with Gasteiger partial charge in [-0.3, -0.25) is 0 Å². The van der Waals surface area contributed by atoms with Crippen LogP contribution in [0.15, 0.2) is 0 Å². The van der Waals surface area contributed by atoms with E-state index in [1.54, 1.807) is 0 Å². The third-order valence-corrected chi connectivity index (χ3v) is 1.48. The number of carbonyl (C=O) groups excluding carboxylic acids is 1. The fraction of sp³-hybridized carbons (Fsp3) is 0.800. The van der Waals surface area contributed by atoms with Gasteiger partial charge < -0.3 is 15.7 Å². The lowest BCUT2D eigenvalue weighted by molar-refractivity contribution is 0.175. The average molecular weight is 130 g/mol. The highest BCUT2D eigenvalue weighted by atomic mass is 16.3. The summed E-state index contributed by atoms with van der Waals surface area (Å²) in [4.78, 5) is 11.8. The van der Waals surface area contributed by atoms with Gasteiger partial charge in [0.15, 0.2) is 0 Å². The Labute approximate surface area is 53.2 Å². The van der Waals surface area contributed by atoms with Crippen LogP contribution in [-0.4, -0.2) is 35.2 Å². The number of likely N-dealkylation sites (tertiary alicyclic amines) is 1. The van der Waals surface area contributed by atoms with Crippen molar-refractivity contribution in [2.24, 2.45) is 5.73 Å². The fourth-order valence-corrected chi connectivity index (χ4v) is 0.942. The summed E-state index contributed by atoms with van der Waals surface area (Å²) in [6.07, 6.45) is 0.292. The third kappa shape index (κ3) is 1.32. The minimum atomic E-state index is -0.438. The Bertz CT molecular complexity index is 126. The van der Waals surface area contributed by atoms with E-state index >= 15 is 0 Å². The zero-order valence-electron chi connectivity index (χ0n) is 5.08. The number of hydrogen-bond donors (Lipinski definition) is 2. The van der Waals surface area contributed by atoms with Crippen LogP contribution in [0.3, 0.4) is 0 Å². The van der Waals surface area contributed by atoms with E-state index in [9.17, 15) is 4.79 Å². The molecule has 0 aromatic heterocycles. The molecule has 0 aromatic rings. The monoisotopic (exact) mass is 130 g/mol. The van der Waals surface area contributed by atoms with E-state index < -0.39 is 6.03 Å². The van der Waals surface area contributed by atoms with Crippen molar-refractivity contribution in [3.63, 3.8) is 0 Å². The zero-order valence-corrected chi connectivity index (χ0v) is 5.08. The molecule has 1 heterocycles. The molecule has 0 unspecified atom stereocenters. The van der Waals surface area contributed by atoms with Crippen LogP contribution in [0.1, 0.15) is 6.42 Å². The van der Waals surface area contributed by atoms with E-state index in [2.05, 4.69) is 0 Å². The van der Waals surface area contributed by atoms with Gasteiger partial charge in [0.2, 0.25) is 0 Å². The van der Waals surface area contributed by atoms with Gasteiger partial charge in [0.05, 0.1) is 6.10 Å². The van der Waals surface area contributed by atoms with Gasteiger partial charge in [-0.25, -0.2) is 4.79 Å². The van der Waals surface area contributed by atoms with Gasteiger partial charge in [-0.05, 0) is 6.42 Å². The molecule has 0 radical (unpaired) electrons. The van der Waals surface area contributed by atoms with Gasteiger partial charge >= 0.3 is 6.03 Å². The normalized spacial score (nSPS) is 26.8. The number of nitrogens with two attached hydrogens (primary N) is 1. The number of hydrogen-bond acceptors (Lipinski definition) is 2. The van der Waals surface area contributed by atoms with Crippen LogP contribution in [-0.2, 0) is 0 Å². The molecular formula is C5H10N2O2. The zero-order chi connectivity index (χ0) is 6.85. The molecule has 2 amide bonds. The van der Waals surface area contributed by atoms with Crippen LogP contribution in [0, 0.1) is 0 Å². The predicted octanol–water partition coefficient (Wildman–Crippen LogP) is -0.868. The van der Waals surface area contributed by atoms with Crippen molar-refractivity contribution in [3.05, 3.63) is 0 Å². The van der Waals surface area contributed by atoms with E-state index in [0.717, 1.165) is 0 Å². The Balaban J connectivity index is 2.39. The molecule has 1 atom stereocenters. The molecule has 4 nitrogen and oxygen atoms in total. The SMILES string of the molecule is NC(=O)N1CC[C@@H](O)C1. The second-order valence-electron chi connectivity index (χ2n) is 2.23. The second-order valence-corrected chi connectivity index (χ2v) is 2.23. The van der Waals surface area contributed by atoms with Gasteiger partial charge in [0.25, 0.3) is 0 Å². The standard InChI is InChI=1S/C5H10N2O2/c6-5(9)7-2-1-4(8)3-7/h4,8H,1-3H2,(H2,6,9)/t4-/m1/s1. The van der Waals surface area contributed by atoms with Crippen LogP contribution >= 0.6 is 0 Å². The Kier molecular flexibility index (Phi) is 1.57. The Morgan fingerprint density at radius 2 is 2.44 bits per heavy atom. The van der Waals surface area contributed by atoms with Crippen LogP contribution in [0.25, 0.3) is 0 Å². The number of nitrogens with zero attached hydrogens (tertiary/aromatic N) is 1. The molecule has 0 spiro atoms. The lowest BCUT2D eigenvalue weighted by Crippen LogP contribution is -2.34. The van der Waals surface area contributed by atoms with Crippen molar-refractivity contribution in [2.75, 3.05) is 13.1 Å². The van der Waals surface area contributed by atoms with Gasteiger partial charge in [-0.15, -0.1) is 0 Å². The summed E-state index contributed by atoms with van der Waals surface area (Å²) in [7, 11) is 0. The molecule has 9 heavy (non-hydrogen) atoms. The van der Waals surface area contributed by atoms with Gasteiger partial charge in [-0.2, -0.15) is 0 Å². The minimum absolute atomic E-state index is 0.363. The molecule has 1 saturated heterocycles. The average Bonchev–Trinajstić information content (AvgIpc) is 2.14. The second kappa shape index (κ2) is 2.23. The number of β-amino-alcohol motifs (C(OH)–C–C–N with tert-alkyl or cyclic N) is 1. The molecule has 0 saturated carbocycles. The predicted molar refractivity (Wildman–Crippen MR) is 31.8 cm³/mol. The number of primary amides is 1.